The number of halogens is 2. The molecule has 172 valence electrons. The highest BCUT2D eigenvalue weighted by Gasteiger charge is 2.23. The van der Waals surface area contributed by atoms with Gasteiger partial charge in [0, 0.05) is 31.0 Å². The van der Waals surface area contributed by atoms with Crippen molar-refractivity contribution in [2.45, 2.75) is 57.4 Å². The van der Waals surface area contributed by atoms with E-state index in [1.807, 2.05) is 0 Å². The van der Waals surface area contributed by atoms with Gasteiger partial charge in [0.2, 0.25) is 0 Å². The van der Waals surface area contributed by atoms with Gasteiger partial charge >= 0.3 is 5.97 Å². The van der Waals surface area contributed by atoms with E-state index in [-0.39, 0.29) is 28.6 Å². The Balaban J connectivity index is 1.36. The number of nitrogens with one attached hydrogen (secondary N) is 1. The van der Waals surface area contributed by atoms with Gasteiger partial charge in [0.15, 0.2) is 0 Å². The molecule has 0 saturated carbocycles. The van der Waals surface area contributed by atoms with E-state index in [0.29, 0.717) is 6.61 Å². The Morgan fingerprint density at radius 3 is 2.56 bits per heavy atom. The number of pyridine rings is 1. The fraction of sp³-hybridized carbons (Fsp3) is 0.458. The molecule has 2 N–H and O–H groups in total. The van der Waals surface area contributed by atoms with Crippen LogP contribution in [0.4, 0.5) is 0 Å². The van der Waals surface area contributed by atoms with Gasteiger partial charge in [-0.05, 0) is 68.7 Å². The smallest absolute Gasteiger partial charge is 0.326 e. The van der Waals surface area contributed by atoms with Crippen LogP contribution in [0.25, 0.3) is 0 Å². The topological polar surface area (TPSA) is 88.5 Å². The first-order valence-corrected chi connectivity index (χ1v) is 11.7. The van der Waals surface area contributed by atoms with Gasteiger partial charge < -0.3 is 15.2 Å². The van der Waals surface area contributed by atoms with Crippen molar-refractivity contribution in [3.63, 3.8) is 0 Å². The van der Waals surface area contributed by atoms with E-state index in [9.17, 15) is 14.7 Å². The number of rotatable bonds is 11. The SMILES string of the molecule is O=C(NC(CCOCCCCc1ccc2c(n1)CCCC2)C(=O)O)c1c(Cl)cccc1Cl. The number of carbonyl (C=O) groups excluding carboxylic acids is 1. The number of nitrogens with zero attached hydrogens (tertiary/aromatic N) is 1. The molecule has 2 aromatic rings. The number of aryl methyl sites for hydroxylation is 3. The molecule has 8 heteroatoms. The zero-order valence-electron chi connectivity index (χ0n) is 17.9. The highest BCUT2D eigenvalue weighted by atomic mass is 35.5. The zero-order valence-corrected chi connectivity index (χ0v) is 19.4. The lowest BCUT2D eigenvalue weighted by Crippen LogP contribution is -2.41. The number of aromatic nitrogens is 1. The normalized spacial score (nSPS) is 13.9. The molecule has 3 rings (SSSR count). The van der Waals surface area contributed by atoms with Crippen LogP contribution >= 0.6 is 23.2 Å². The van der Waals surface area contributed by atoms with Crippen LogP contribution in [0.2, 0.25) is 10.0 Å². The fourth-order valence-corrected chi connectivity index (χ4v) is 4.35. The van der Waals surface area contributed by atoms with Crippen molar-refractivity contribution in [3.05, 3.63) is 62.9 Å². The van der Waals surface area contributed by atoms with Crippen LogP contribution in [-0.4, -0.2) is 41.2 Å². The minimum Gasteiger partial charge on any atom is -0.480 e. The third-order valence-corrected chi connectivity index (χ3v) is 6.18. The van der Waals surface area contributed by atoms with Gasteiger partial charge in [0.05, 0.1) is 15.6 Å². The summed E-state index contributed by atoms with van der Waals surface area (Å²) >= 11 is 12.0. The molecule has 0 radical (unpaired) electrons. The maximum absolute atomic E-state index is 12.4. The quantitative estimate of drug-likeness (QED) is 0.449. The Hall–Kier alpha value is -2.15. The standard InChI is InChI=1S/C24H28Cl2N2O4/c25-18-8-5-9-19(26)22(18)23(29)28-21(24(30)31)13-15-32-14-4-3-7-17-12-11-16-6-1-2-10-20(16)27-17/h5,8-9,11-12,21H,1-4,6-7,10,13-15H2,(H,28,29)(H,30,31). The van der Waals surface area contributed by atoms with E-state index in [2.05, 4.69) is 17.4 Å². The molecule has 1 heterocycles. The molecule has 1 aliphatic carbocycles. The number of aliphatic carboxylic acids is 1. The second kappa shape index (κ2) is 12.2. The molecule has 1 amide bonds. The molecular formula is C24H28Cl2N2O4. The molecule has 1 unspecified atom stereocenters. The third kappa shape index (κ3) is 6.92. The number of ether oxygens (including phenoxy) is 1. The van der Waals surface area contributed by atoms with Gasteiger partial charge in [-0.25, -0.2) is 4.79 Å². The molecule has 1 aromatic heterocycles. The highest BCUT2D eigenvalue weighted by Crippen LogP contribution is 2.24. The average Bonchev–Trinajstić information content (AvgIpc) is 2.77. The number of carbonyl (C=O) groups is 2. The van der Waals surface area contributed by atoms with Gasteiger partial charge in [-0.3, -0.25) is 9.78 Å². The first kappa shape index (κ1) is 24.5. The molecule has 32 heavy (non-hydrogen) atoms. The minimum absolute atomic E-state index is 0.0683. The number of amides is 1. The maximum Gasteiger partial charge on any atom is 0.326 e. The van der Waals surface area contributed by atoms with Crippen LogP contribution in [0.5, 0.6) is 0 Å². The molecule has 0 aliphatic heterocycles. The van der Waals surface area contributed by atoms with Gasteiger partial charge in [0.25, 0.3) is 5.91 Å². The molecule has 0 fully saturated rings. The summed E-state index contributed by atoms with van der Waals surface area (Å²) in [4.78, 5) is 28.7. The molecule has 1 atom stereocenters. The van der Waals surface area contributed by atoms with Crippen molar-refractivity contribution in [1.82, 2.24) is 10.3 Å². The lowest BCUT2D eigenvalue weighted by atomic mass is 9.95. The largest absolute Gasteiger partial charge is 0.480 e. The summed E-state index contributed by atoms with van der Waals surface area (Å²) in [6.45, 7) is 0.756. The summed E-state index contributed by atoms with van der Waals surface area (Å²) in [5, 5.41) is 12.2. The van der Waals surface area contributed by atoms with Crippen LogP contribution < -0.4 is 5.32 Å². The van der Waals surface area contributed by atoms with Crippen LogP contribution in [0.3, 0.4) is 0 Å². The summed E-state index contributed by atoms with van der Waals surface area (Å²) in [6.07, 6.45) is 7.56. The number of carboxylic acids is 1. The second-order valence-electron chi connectivity index (χ2n) is 7.93. The summed E-state index contributed by atoms with van der Waals surface area (Å²) in [6, 6.07) is 7.92. The second-order valence-corrected chi connectivity index (χ2v) is 8.75. The van der Waals surface area contributed by atoms with E-state index < -0.39 is 17.9 Å². The highest BCUT2D eigenvalue weighted by molar-refractivity contribution is 6.39. The Morgan fingerprint density at radius 2 is 1.81 bits per heavy atom. The zero-order chi connectivity index (χ0) is 22.9. The van der Waals surface area contributed by atoms with Crippen LogP contribution in [0.15, 0.2) is 30.3 Å². The number of carboxylic acid groups (broad SMARTS) is 1. The number of hydrogen-bond acceptors (Lipinski definition) is 4. The van der Waals surface area contributed by atoms with Crippen molar-refractivity contribution in [1.29, 1.82) is 0 Å². The number of benzene rings is 1. The van der Waals surface area contributed by atoms with Crippen LogP contribution in [0, 0.1) is 0 Å². The number of hydrogen-bond donors (Lipinski definition) is 2. The fourth-order valence-electron chi connectivity index (χ4n) is 3.78. The Morgan fingerprint density at radius 1 is 1.06 bits per heavy atom. The lowest BCUT2D eigenvalue weighted by Gasteiger charge is -2.16. The van der Waals surface area contributed by atoms with E-state index in [1.54, 1.807) is 6.07 Å². The number of unbranched alkanes of at least 4 members (excludes halogenated alkanes) is 1. The Bertz CT molecular complexity index is 931. The van der Waals surface area contributed by atoms with Gasteiger partial charge in [-0.2, -0.15) is 0 Å². The first-order chi connectivity index (χ1) is 15.5. The molecule has 0 bridgehead atoms. The average molecular weight is 479 g/mol. The summed E-state index contributed by atoms with van der Waals surface area (Å²) in [7, 11) is 0. The minimum atomic E-state index is -1.14. The Labute approximate surface area is 198 Å². The van der Waals surface area contributed by atoms with Gasteiger partial charge in [-0.1, -0.05) is 35.3 Å². The van der Waals surface area contributed by atoms with E-state index in [4.69, 9.17) is 32.9 Å². The van der Waals surface area contributed by atoms with E-state index in [1.165, 1.54) is 36.2 Å². The van der Waals surface area contributed by atoms with Gasteiger partial charge in [-0.15, -0.1) is 0 Å². The maximum atomic E-state index is 12.4. The van der Waals surface area contributed by atoms with Crippen LogP contribution in [0.1, 0.15) is 59.4 Å². The van der Waals surface area contributed by atoms with Crippen LogP contribution in [-0.2, 0) is 28.8 Å². The summed E-state index contributed by atoms with van der Waals surface area (Å²) in [5.74, 6) is -1.76. The third-order valence-electron chi connectivity index (χ3n) is 5.55. The summed E-state index contributed by atoms with van der Waals surface area (Å²) < 4.78 is 5.59. The predicted molar refractivity (Wildman–Crippen MR) is 125 cm³/mol. The van der Waals surface area contributed by atoms with Gasteiger partial charge in [0.1, 0.15) is 6.04 Å². The lowest BCUT2D eigenvalue weighted by molar-refractivity contribution is -0.139. The molecule has 6 nitrogen and oxygen atoms in total. The van der Waals surface area contributed by atoms with E-state index >= 15 is 0 Å². The molecule has 0 saturated heterocycles. The predicted octanol–water partition coefficient (Wildman–Crippen LogP) is 4.88. The molecule has 0 spiro atoms. The Kier molecular flexibility index (Phi) is 9.33. The molecular weight excluding hydrogens is 451 g/mol. The molecule has 1 aliphatic rings. The number of fused-ring (bicyclic) bond motifs is 1. The molecule has 1 aromatic carbocycles. The monoisotopic (exact) mass is 478 g/mol. The van der Waals surface area contributed by atoms with Crippen molar-refractivity contribution >= 4 is 35.1 Å². The van der Waals surface area contributed by atoms with Crippen molar-refractivity contribution in [2.75, 3.05) is 13.2 Å². The van der Waals surface area contributed by atoms with Crippen molar-refractivity contribution in [2.24, 2.45) is 0 Å². The summed E-state index contributed by atoms with van der Waals surface area (Å²) in [5.41, 5.74) is 3.83. The van der Waals surface area contributed by atoms with E-state index in [0.717, 1.165) is 37.8 Å². The van der Waals surface area contributed by atoms with Crippen molar-refractivity contribution in [3.8, 4) is 0 Å². The first-order valence-electron chi connectivity index (χ1n) is 11.0. The van der Waals surface area contributed by atoms with Crippen molar-refractivity contribution < 1.29 is 19.4 Å².